The van der Waals surface area contributed by atoms with E-state index in [0.29, 0.717) is 18.2 Å². The number of thiophene rings is 1. The van der Waals surface area contributed by atoms with Crippen LogP contribution in [-0.2, 0) is 17.6 Å². The molecule has 0 spiro atoms. The third-order valence-corrected chi connectivity index (χ3v) is 7.85. The highest BCUT2D eigenvalue weighted by Crippen LogP contribution is 2.36. The zero-order valence-electron chi connectivity index (χ0n) is 17.9. The molecule has 0 unspecified atom stereocenters. The smallest absolute Gasteiger partial charge is 0.267 e. The van der Waals surface area contributed by atoms with Gasteiger partial charge in [0.1, 0.15) is 4.83 Å². The summed E-state index contributed by atoms with van der Waals surface area (Å²) in [5.74, 6) is 0.343. The van der Waals surface area contributed by atoms with E-state index in [1.165, 1.54) is 22.2 Å². The molecule has 0 N–H and O–H groups in total. The van der Waals surface area contributed by atoms with Crippen LogP contribution in [0.2, 0.25) is 0 Å². The Bertz CT molecular complexity index is 1180. The molecular weight excluding hydrogens is 414 g/mol. The zero-order chi connectivity index (χ0) is 21.4. The molecule has 1 aliphatic carbocycles. The number of hydrogen-bond donors (Lipinski definition) is 0. The molecule has 5 nitrogen and oxygen atoms in total. The number of hydrogen-bond acceptors (Lipinski definition) is 5. The largest absolute Gasteiger partial charge is 0.343 e. The van der Waals surface area contributed by atoms with Gasteiger partial charge in [0, 0.05) is 18.0 Å². The van der Waals surface area contributed by atoms with E-state index >= 15 is 0 Å². The molecule has 1 aliphatic rings. The average Bonchev–Trinajstić information content (AvgIpc) is 3.29. The minimum Gasteiger partial charge on any atom is -0.343 e. The van der Waals surface area contributed by atoms with E-state index in [9.17, 15) is 9.59 Å². The number of fused-ring (bicyclic) bond motifs is 3. The Morgan fingerprint density at radius 3 is 2.70 bits per heavy atom. The lowest BCUT2D eigenvalue weighted by Crippen LogP contribution is -2.32. The lowest BCUT2D eigenvalue weighted by Gasteiger charge is -2.19. The first-order valence-corrected chi connectivity index (χ1v) is 12.3. The Kier molecular flexibility index (Phi) is 6.02. The van der Waals surface area contributed by atoms with Crippen LogP contribution >= 0.6 is 23.1 Å². The Hall–Kier alpha value is -2.12. The fraction of sp³-hybridized carbons (Fsp3) is 0.435. The normalized spacial score (nSPS) is 13.1. The molecule has 1 amide bonds. The van der Waals surface area contributed by atoms with Gasteiger partial charge in [-0.2, -0.15) is 0 Å². The number of carbonyl (C=O) groups is 1. The number of benzene rings is 1. The van der Waals surface area contributed by atoms with Gasteiger partial charge in [-0.1, -0.05) is 29.5 Å². The summed E-state index contributed by atoms with van der Waals surface area (Å²) in [6, 6.07) is 6.09. The lowest BCUT2D eigenvalue weighted by molar-refractivity contribution is -0.127. The van der Waals surface area contributed by atoms with Crippen LogP contribution in [0, 0.1) is 13.8 Å². The number of amides is 1. The van der Waals surface area contributed by atoms with Crippen molar-refractivity contribution < 1.29 is 4.79 Å². The second kappa shape index (κ2) is 8.55. The summed E-state index contributed by atoms with van der Waals surface area (Å²) >= 11 is 3.00. The summed E-state index contributed by atoms with van der Waals surface area (Å²) in [6.07, 6.45) is 3.09. The molecule has 1 aromatic carbocycles. The molecule has 0 bridgehead atoms. The predicted octanol–water partition coefficient (Wildman–Crippen LogP) is 4.51. The maximum absolute atomic E-state index is 13.7. The molecule has 3 aromatic rings. The van der Waals surface area contributed by atoms with E-state index in [-0.39, 0.29) is 17.2 Å². The SMILES string of the molecule is CCN(CC)C(=O)CSc1nc2sc3c(c2c(=O)n1-c1ccc(C)cc1C)CCC3. The van der Waals surface area contributed by atoms with Crippen LogP contribution in [0.15, 0.2) is 28.2 Å². The molecule has 0 radical (unpaired) electrons. The molecule has 0 saturated carbocycles. The Balaban J connectivity index is 1.85. The van der Waals surface area contributed by atoms with Crippen molar-refractivity contribution >= 4 is 39.2 Å². The first kappa shape index (κ1) is 21.1. The molecule has 158 valence electrons. The van der Waals surface area contributed by atoms with Crippen molar-refractivity contribution in [3.05, 3.63) is 50.1 Å². The molecule has 0 aliphatic heterocycles. The summed E-state index contributed by atoms with van der Waals surface area (Å²) in [5, 5.41) is 1.37. The summed E-state index contributed by atoms with van der Waals surface area (Å²) in [6.45, 7) is 9.40. The number of thioether (sulfide) groups is 1. The second-order valence-electron chi connectivity index (χ2n) is 7.72. The Morgan fingerprint density at radius 2 is 2.00 bits per heavy atom. The summed E-state index contributed by atoms with van der Waals surface area (Å²) < 4.78 is 1.72. The van der Waals surface area contributed by atoms with E-state index in [1.54, 1.807) is 15.9 Å². The van der Waals surface area contributed by atoms with Gasteiger partial charge < -0.3 is 4.90 Å². The average molecular weight is 442 g/mol. The van der Waals surface area contributed by atoms with Crippen molar-refractivity contribution in [2.75, 3.05) is 18.8 Å². The van der Waals surface area contributed by atoms with Gasteiger partial charge in [-0.05, 0) is 64.2 Å². The third-order valence-electron chi connectivity index (χ3n) is 5.74. The van der Waals surface area contributed by atoms with Crippen LogP contribution in [0.3, 0.4) is 0 Å². The highest BCUT2D eigenvalue weighted by molar-refractivity contribution is 7.99. The van der Waals surface area contributed by atoms with Crippen molar-refractivity contribution in [2.24, 2.45) is 0 Å². The van der Waals surface area contributed by atoms with Gasteiger partial charge in [-0.3, -0.25) is 14.2 Å². The van der Waals surface area contributed by atoms with E-state index in [1.807, 2.05) is 44.7 Å². The standard InChI is InChI=1S/C23H27N3O2S2/c1-5-25(6-2)19(27)13-29-23-24-21-20(16-8-7-9-18(16)30-21)22(28)26(23)17-11-10-14(3)12-15(17)4/h10-12H,5-9,13H2,1-4H3. The fourth-order valence-electron chi connectivity index (χ4n) is 4.18. The van der Waals surface area contributed by atoms with Crippen LogP contribution < -0.4 is 5.56 Å². The molecule has 2 heterocycles. The van der Waals surface area contributed by atoms with Crippen molar-refractivity contribution in [1.82, 2.24) is 14.5 Å². The lowest BCUT2D eigenvalue weighted by atomic mass is 10.1. The number of carbonyl (C=O) groups excluding carboxylic acids is 1. The van der Waals surface area contributed by atoms with Crippen LogP contribution in [-0.4, -0.2) is 39.2 Å². The first-order chi connectivity index (χ1) is 14.4. The Morgan fingerprint density at radius 1 is 1.23 bits per heavy atom. The molecule has 2 aromatic heterocycles. The number of rotatable bonds is 6. The highest BCUT2D eigenvalue weighted by atomic mass is 32.2. The Labute approximate surface area is 185 Å². The maximum Gasteiger partial charge on any atom is 0.267 e. The quantitative estimate of drug-likeness (QED) is 0.417. The van der Waals surface area contributed by atoms with Gasteiger partial charge in [0.15, 0.2) is 5.16 Å². The molecule has 30 heavy (non-hydrogen) atoms. The summed E-state index contributed by atoms with van der Waals surface area (Å²) in [5.41, 5.74) is 4.20. The van der Waals surface area contributed by atoms with Crippen LogP contribution in [0.1, 0.15) is 41.8 Å². The monoisotopic (exact) mass is 441 g/mol. The summed E-state index contributed by atoms with van der Waals surface area (Å²) in [4.78, 5) is 35.1. The number of aromatic nitrogens is 2. The van der Waals surface area contributed by atoms with Crippen LogP contribution in [0.4, 0.5) is 0 Å². The third kappa shape index (κ3) is 3.69. The van der Waals surface area contributed by atoms with Gasteiger partial charge in [0.2, 0.25) is 5.91 Å². The molecule has 4 rings (SSSR count). The zero-order valence-corrected chi connectivity index (χ0v) is 19.6. The minimum absolute atomic E-state index is 0.0101. The van der Waals surface area contributed by atoms with Crippen molar-refractivity contribution in [3.8, 4) is 5.69 Å². The maximum atomic E-state index is 13.7. The van der Waals surface area contributed by atoms with Gasteiger partial charge in [-0.15, -0.1) is 11.3 Å². The molecule has 0 fully saturated rings. The molecule has 0 saturated heterocycles. The minimum atomic E-state index is -0.0101. The first-order valence-electron chi connectivity index (χ1n) is 10.5. The van der Waals surface area contributed by atoms with E-state index in [2.05, 4.69) is 6.07 Å². The highest BCUT2D eigenvalue weighted by Gasteiger charge is 2.25. The fourth-order valence-corrected chi connectivity index (χ4v) is 6.40. The van der Waals surface area contributed by atoms with Gasteiger partial charge in [0.05, 0.1) is 16.8 Å². The van der Waals surface area contributed by atoms with Crippen LogP contribution in [0.25, 0.3) is 15.9 Å². The molecular formula is C23H27N3O2S2. The van der Waals surface area contributed by atoms with E-state index in [0.717, 1.165) is 46.3 Å². The van der Waals surface area contributed by atoms with Gasteiger partial charge >= 0.3 is 0 Å². The number of nitrogens with zero attached hydrogens (tertiary/aromatic N) is 3. The topological polar surface area (TPSA) is 55.2 Å². The van der Waals surface area contributed by atoms with E-state index < -0.39 is 0 Å². The number of aryl methyl sites for hydroxylation is 4. The van der Waals surface area contributed by atoms with Crippen molar-refractivity contribution in [2.45, 2.75) is 52.1 Å². The second-order valence-corrected chi connectivity index (χ2v) is 9.74. The van der Waals surface area contributed by atoms with Crippen molar-refractivity contribution in [3.63, 3.8) is 0 Å². The van der Waals surface area contributed by atoms with Gasteiger partial charge in [0.25, 0.3) is 5.56 Å². The summed E-state index contributed by atoms with van der Waals surface area (Å²) in [7, 11) is 0. The molecule has 7 heteroatoms. The van der Waals surface area contributed by atoms with Gasteiger partial charge in [-0.25, -0.2) is 4.98 Å². The van der Waals surface area contributed by atoms with Crippen LogP contribution in [0.5, 0.6) is 0 Å². The van der Waals surface area contributed by atoms with Crippen molar-refractivity contribution in [1.29, 1.82) is 0 Å². The molecule has 0 atom stereocenters. The van der Waals surface area contributed by atoms with E-state index in [4.69, 9.17) is 4.98 Å². The predicted molar refractivity (Wildman–Crippen MR) is 125 cm³/mol.